The highest BCUT2D eigenvalue weighted by Gasteiger charge is 1.92. The zero-order chi connectivity index (χ0) is 12.4. The Hall–Kier alpha value is -1.55. The number of rotatable bonds is 2. The maximum Gasteiger partial charge on any atom is 0.421 e. The molecule has 0 fully saturated rings. The third-order valence-electron chi connectivity index (χ3n) is 1.73. The van der Waals surface area contributed by atoms with Crippen LogP contribution in [0.2, 0.25) is 0 Å². The fourth-order valence-corrected chi connectivity index (χ4v) is 1.04. The molecule has 1 rings (SSSR count). The number of amides is 1. The molecule has 4 heteroatoms. The normalized spacial score (nSPS) is 8.75. The molecule has 3 N–H and O–H groups in total. The minimum atomic E-state index is -0.577. The largest absolute Gasteiger partial charge is 0.449 e. The van der Waals surface area contributed by atoms with Gasteiger partial charge in [0.05, 0.1) is 6.61 Å². The molecule has 0 radical (unpaired) electrons. The van der Waals surface area contributed by atoms with Crippen LogP contribution in [0.25, 0.3) is 0 Å². The van der Waals surface area contributed by atoms with Crippen molar-refractivity contribution in [2.45, 2.75) is 27.2 Å². The highest BCUT2D eigenvalue weighted by Crippen LogP contribution is 2.00. The van der Waals surface area contributed by atoms with Crippen LogP contribution < -0.4 is 11.3 Å². The Bertz CT molecular complexity index is 296. The monoisotopic (exact) mass is 224 g/mol. The fourth-order valence-electron chi connectivity index (χ4n) is 1.04. The SMILES string of the molecule is CCCOC(=O)NN.Cc1cccc(C)c1. The van der Waals surface area contributed by atoms with E-state index in [4.69, 9.17) is 0 Å². The standard InChI is InChI=1S/C8H10.C4H10N2O2/c1-7-4-3-5-8(2)6-7;1-2-3-8-4(7)6-5/h3-6H,1-2H3;2-3,5H2,1H3,(H,6,7). The first-order valence-corrected chi connectivity index (χ1v) is 5.26. The minimum Gasteiger partial charge on any atom is -0.449 e. The van der Waals surface area contributed by atoms with Gasteiger partial charge in [-0.1, -0.05) is 42.3 Å². The lowest BCUT2D eigenvalue weighted by Gasteiger charge is -1.98. The van der Waals surface area contributed by atoms with Crippen LogP contribution in [0, 0.1) is 13.8 Å². The van der Waals surface area contributed by atoms with Crippen molar-refractivity contribution >= 4 is 6.09 Å². The average Bonchev–Trinajstić information content (AvgIpc) is 2.26. The Morgan fingerprint density at radius 1 is 1.38 bits per heavy atom. The van der Waals surface area contributed by atoms with Gasteiger partial charge in [-0.25, -0.2) is 10.6 Å². The van der Waals surface area contributed by atoms with Crippen LogP contribution in [-0.2, 0) is 4.74 Å². The van der Waals surface area contributed by atoms with Crippen LogP contribution in [0.3, 0.4) is 0 Å². The molecule has 1 amide bonds. The van der Waals surface area contributed by atoms with E-state index in [1.807, 2.05) is 12.3 Å². The second kappa shape index (κ2) is 8.73. The van der Waals surface area contributed by atoms with E-state index in [-0.39, 0.29) is 0 Å². The van der Waals surface area contributed by atoms with E-state index in [1.165, 1.54) is 11.1 Å². The summed E-state index contributed by atoms with van der Waals surface area (Å²) >= 11 is 0. The molecule has 0 saturated heterocycles. The van der Waals surface area contributed by atoms with Crippen LogP contribution in [0.4, 0.5) is 4.79 Å². The van der Waals surface area contributed by atoms with Gasteiger partial charge < -0.3 is 4.74 Å². The van der Waals surface area contributed by atoms with Gasteiger partial charge in [0.15, 0.2) is 0 Å². The van der Waals surface area contributed by atoms with Gasteiger partial charge in [0.2, 0.25) is 0 Å². The smallest absolute Gasteiger partial charge is 0.421 e. The highest BCUT2D eigenvalue weighted by atomic mass is 16.5. The second-order valence-electron chi connectivity index (χ2n) is 3.44. The molecular weight excluding hydrogens is 204 g/mol. The number of hydrogen-bond acceptors (Lipinski definition) is 3. The van der Waals surface area contributed by atoms with Crippen LogP contribution in [0.5, 0.6) is 0 Å². The molecule has 0 aliphatic heterocycles. The molecule has 16 heavy (non-hydrogen) atoms. The van der Waals surface area contributed by atoms with Gasteiger partial charge in [0.1, 0.15) is 0 Å². The van der Waals surface area contributed by atoms with Crippen molar-refractivity contribution in [2.24, 2.45) is 5.84 Å². The second-order valence-corrected chi connectivity index (χ2v) is 3.44. The predicted molar refractivity (Wildman–Crippen MR) is 64.9 cm³/mol. The number of carbonyl (C=O) groups is 1. The van der Waals surface area contributed by atoms with Crippen molar-refractivity contribution < 1.29 is 9.53 Å². The molecule has 0 atom stereocenters. The molecule has 0 bridgehead atoms. The van der Waals surface area contributed by atoms with E-state index in [0.29, 0.717) is 6.61 Å². The van der Waals surface area contributed by atoms with Gasteiger partial charge >= 0.3 is 6.09 Å². The topological polar surface area (TPSA) is 64.3 Å². The predicted octanol–water partition coefficient (Wildman–Crippen LogP) is 2.30. The number of hydrazine groups is 1. The van der Waals surface area contributed by atoms with Gasteiger partial charge in [-0.3, -0.25) is 5.43 Å². The summed E-state index contributed by atoms with van der Waals surface area (Å²) < 4.78 is 4.47. The molecule has 90 valence electrons. The van der Waals surface area contributed by atoms with Gasteiger partial charge in [0.25, 0.3) is 0 Å². The number of carbonyl (C=O) groups excluding carboxylic acids is 1. The summed E-state index contributed by atoms with van der Waals surface area (Å²) in [4.78, 5) is 10.1. The molecule has 0 saturated carbocycles. The summed E-state index contributed by atoms with van der Waals surface area (Å²) in [5, 5.41) is 0. The number of nitrogens with one attached hydrogen (secondary N) is 1. The Balaban J connectivity index is 0.000000281. The summed E-state index contributed by atoms with van der Waals surface area (Å²) in [6.07, 6.45) is 0.236. The number of hydrogen-bond donors (Lipinski definition) is 2. The molecule has 0 heterocycles. The Kier molecular flexibility index (Phi) is 7.89. The van der Waals surface area contributed by atoms with E-state index in [0.717, 1.165) is 6.42 Å². The van der Waals surface area contributed by atoms with Crippen molar-refractivity contribution in [1.29, 1.82) is 0 Å². The Morgan fingerprint density at radius 3 is 2.25 bits per heavy atom. The zero-order valence-electron chi connectivity index (χ0n) is 10.1. The molecule has 1 aromatic rings. The van der Waals surface area contributed by atoms with Crippen molar-refractivity contribution in [1.82, 2.24) is 5.43 Å². The summed E-state index contributed by atoms with van der Waals surface area (Å²) in [6.45, 7) is 6.53. The number of ether oxygens (including phenoxy) is 1. The quantitative estimate of drug-likeness (QED) is 0.460. The minimum absolute atomic E-state index is 0.420. The number of nitrogens with two attached hydrogens (primary N) is 1. The summed E-state index contributed by atoms with van der Waals surface area (Å²) in [6, 6.07) is 8.45. The molecule has 0 spiro atoms. The lowest BCUT2D eigenvalue weighted by Crippen LogP contribution is -2.30. The molecule has 0 unspecified atom stereocenters. The van der Waals surface area contributed by atoms with Gasteiger partial charge in [-0.2, -0.15) is 0 Å². The van der Waals surface area contributed by atoms with Gasteiger partial charge in [0, 0.05) is 0 Å². The molecule has 0 aliphatic rings. The summed E-state index contributed by atoms with van der Waals surface area (Å²) in [5.41, 5.74) is 4.51. The van der Waals surface area contributed by atoms with E-state index >= 15 is 0 Å². The van der Waals surface area contributed by atoms with Crippen molar-refractivity contribution in [3.8, 4) is 0 Å². The Morgan fingerprint density at radius 2 is 1.94 bits per heavy atom. The Labute approximate surface area is 96.8 Å². The van der Waals surface area contributed by atoms with Crippen LogP contribution in [-0.4, -0.2) is 12.7 Å². The summed E-state index contributed by atoms with van der Waals surface area (Å²) in [7, 11) is 0. The lowest BCUT2D eigenvalue weighted by molar-refractivity contribution is 0.146. The van der Waals surface area contributed by atoms with Gasteiger partial charge in [-0.05, 0) is 20.3 Å². The fraction of sp³-hybridized carbons (Fsp3) is 0.417. The van der Waals surface area contributed by atoms with E-state index in [2.05, 4.69) is 48.7 Å². The number of aryl methyl sites for hydroxylation is 2. The van der Waals surface area contributed by atoms with E-state index in [9.17, 15) is 4.79 Å². The highest BCUT2D eigenvalue weighted by molar-refractivity contribution is 5.66. The van der Waals surface area contributed by atoms with Gasteiger partial charge in [-0.15, -0.1) is 0 Å². The van der Waals surface area contributed by atoms with Crippen LogP contribution in [0.1, 0.15) is 24.5 Å². The van der Waals surface area contributed by atoms with Crippen molar-refractivity contribution in [2.75, 3.05) is 6.61 Å². The molecule has 0 aliphatic carbocycles. The lowest BCUT2D eigenvalue weighted by atomic mass is 10.2. The van der Waals surface area contributed by atoms with E-state index in [1.54, 1.807) is 0 Å². The molecule has 4 nitrogen and oxygen atoms in total. The van der Waals surface area contributed by atoms with Crippen LogP contribution in [0.15, 0.2) is 24.3 Å². The van der Waals surface area contributed by atoms with Crippen LogP contribution >= 0.6 is 0 Å². The number of benzene rings is 1. The third-order valence-corrected chi connectivity index (χ3v) is 1.73. The summed E-state index contributed by atoms with van der Waals surface area (Å²) in [5.74, 6) is 4.69. The average molecular weight is 224 g/mol. The first kappa shape index (κ1) is 14.5. The molecular formula is C12H20N2O2. The third kappa shape index (κ3) is 7.82. The first-order valence-electron chi connectivity index (χ1n) is 5.26. The molecule has 0 aromatic heterocycles. The van der Waals surface area contributed by atoms with Crippen molar-refractivity contribution in [3.63, 3.8) is 0 Å². The first-order chi connectivity index (χ1) is 7.60. The maximum atomic E-state index is 10.1. The van der Waals surface area contributed by atoms with Crippen molar-refractivity contribution in [3.05, 3.63) is 35.4 Å². The zero-order valence-corrected chi connectivity index (χ0v) is 10.1. The molecule has 1 aromatic carbocycles. The maximum absolute atomic E-state index is 10.1. The van der Waals surface area contributed by atoms with E-state index < -0.39 is 6.09 Å².